The van der Waals surface area contributed by atoms with E-state index in [0.717, 1.165) is 27.1 Å². The first-order chi connectivity index (χ1) is 7.09. The first-order valence-corrected chi connectivity index (χ1v) is 6.87. The van der Waals surface area contributed by atoms with Crippen LogP contribution in [0.1, 0.15) is 26.7 Å². The molecule has 15 heavy (non-hydrogen) atoms. The topological polar surface area (TPSA) is 12.0 Å². The van der Waals surface area contributed by atoms with Gasteiger partial charge in [0, 0.05) is 21.2 Å². The zero-order valence-corrected chi connectivity index (χ0v) is 12.4. The zero-order valence-electron chi connectivity index (χ0n) is 9.19. The van der Waals surface area contributed by atoms with E-state index in [0.29, 0.717) is 0 Å². The SMILES string of the molecule is CC(C)CCCNc1cc(Br)ccc1Br. The Morgan fingerprint density at radius 3 is 2.67 bits per heavy atom. The third-order valence-electron chi connectivity index (χ3n) is 2.20. The highest BCUT2D eigenvalue weighted by Gasteiger charge is 2.00. The van der Waals surface area contributed by atoms with Gasteiger partial charge in [0.05, 0.1) is 0 Å². The van der Waals surface area contributed by atoms with Gasteiger partial charge >= 0.3 is 0 Å². The normalized spacial score (nSPS) is 10.7. The number of rotatable bonds is 5. The van der Waals surface area contributed by atoms with Gasteiger partial charge in [-0.2, -0.15) is 0 Å². The van der Waals surface area contributed by atoms with E-state index in [4.69, 9.17) is 0 Å². The fourth-order valence-electron chi connectivity index (χ4n) is 1.37. The molecule has 84 valence electrons. The van der Waals surface area contributed by atoms with Crippen LogP contribution >= 0.6 is 31.9 Å². The highest BCUT2D eigenvalue weighted by molar-refractivity contribution is 9.11. The van der Waals surface area contributed by atoms with Gasteiger partial charge in [-0.1, -0.05) is 29.8 Å². The monoisotopic (exact) mass is 333 g/mol. The van der Waals surface area contributed by atoms with Crippen molar-refractivity contribution in [2.24, 2.45) is 5.92 Å². The molecule has 0 saturated carbocycles. The minimum atomic E-state index is 0.790. The van der Waals surface area contributed by atoms with Gasteiger partial charge < -0.3 is 5.32 Å². The maximum atomic E-state index is 3.53. The van der Waals surface area contributed by atoms with E-state index in [-0.39, 0.29) is 0 Å². The average Bonchev–Trinajstić information content (AvgIpc) is 2.17. The molecule has 0 saturated heterocycles. The minimum absolute atomic E-state index is 0.790. The lowest BCUT2D eigenvalue weighted by atomic mass is 10.1. The van der Waals surface area contributed by atoms with E-state index in [1.165, 1.54) is 12.8 Å². The van der Waals surface area contributed by atoms with Crippen molar-refractivity contribution in [3.8, 4) is 0 Å². The van der Waals surface area contributed by atoms with E-state index in [1.807, 2.05) is 6.07 Å². The van der Waals surface area contributed by atoms with Crippen molar-refractivity contribution in [1.82, 2.24) is 0 Å². The molecule has 0 unspecified atom stereocenters. The predicted molar refractivity (Wildman–Crippen MR) is 74.4 cm³/mol. The van der Waals surface area contributed by atoms with Crippen LogP contribution in [0.5, 0.6) is 0 Å². The van der Waals surface area contributed by atoms with Crippen LogP contribution in [-0.2, 0) is 0 Å². The molecule has 0 radical (unpaired) electrons. The standard InChI is InChI=1S/C12H17Br2N/c1-9(2)4-3-7-15-12-8-10(13)5-6-11(12)14/h5-6,8-9,15H,3-4,7H2,1-2H3. The summed E-state index contributed by atoms with van der Waals surface area (Å²) in [5, 5.41) is 3.43. The summed E-state index contributed by atoms with van der Waals surface area (Å²) < 4.78 is 2.23. The van der Waals surface area contributed by atoms with Crippen LogP contribution in [0.3, 0.4) is 0 Å². The summed E-state index contributed by atoms with van der Waals surface area (Å²) in [6, 6.07) is 6.18. The van der Waals surface area contributed by atoms with Crippen molar-refractivity contribution >= 4 is 37.5 Å². The molecule has 0 fully saturated rings. The molecule has 0 atom stereocenters. The van der Waals surface area contributed by atoms with Crippen LogP contribution in [0.25, 0.3) is 0 Å². The Bertz CT molecular complexity index is 310. The molecular formula is C12H17Br2N. The van der Waals surface area contributed by atoms with E-state index in [2.05, 4.69) is 63.2 Å². The van der Waals surface area contributed by atoms with Gasteiger partial charge in [-0.25, -0.2) is 0 Å². The van der Waals surface area contributed by atoms with Crippen LogP contribution in [0.4, 0.5) is 5.69 Å². The second kappa shape index (κ2) is 6.54. The van der Waals surface area contributed by atoms with Crippen molar-refractivity contribution in [3.63, 3.8) is 0 Å². The number of hydrogen-bond donors (Lipinski definition) is 1. The van der Waals surface area contributed by atoms with Crippen molar-refractivity contribution in [1.29, 1.82) is 0 Å². The van der Waals surface area contributed by atoms with Crippen molar-refractivity contribution in [3.05, 3.63) is 27.1 Å². The van der Waals surface area contributed by atoms with Crippen LogP contribution in [0.15, 0.2) is 27.1 Å². The summed E-state index contributed by atoms with van der Waals surface area (Å²) >= 11 is 7.00. The van der Waals surface area contributed by atoms with Gasteiger partial charge in [0.1, 0.15) is 0 Å². The van der Waals surface area contributed by atoms with Gasteiger partial charge in [-0.15, -0.1) is 0 Å². The Labute approximate surface area is 109 Å². The second-order valence-electron chi connectivity index (χ2n) is 4.09. The number of hydrogen-bond acceptors (Lipinski definition) is 1. The lowest BCUT2D eigenvalue weighted by Gasteiger charge is -2.09. The zero-order chi connectivity index (χ0) is 11.3. The molecule has 1 rings (SSSR count). The van der Waals surface area contributed by atoms with Gasteiger partial charge in [-0.05, 0) is 52.9 Å². The number of nitrogens with one attached hydrogen (secondary N) is 1. The molecule has 1 aromatic carbocycles. The maximum Gasteiger partial charge on any atom is 0.0495 e. The molecule has 0 bridgehead atoms. The lowest BCUT2D eigenvalue weighted by molar-refractivity contribution is 0.567. The predicted octanol–water partition coefficient (Wildman–Crippen LogP) is 5.06. The second-order valence-corrected chi connectivity index (χ2v) is 5.86. The molecule has 1 N–H and O–H groups in total. The molecule has 1 nitrogen and oxygen atoms in total. The molecule has 1 aromatic rings. The summed E-state index contributed by atoms with van der Waals surface area (Å²) in [4.78, 5) is 0. The van der Waals surface area contributed by atoms with E-state index in [9.17, 15) is 0 Å². The number of anilines is 1. The lowest BCUT2D eigenvalue weighted by Crippen LogP contribution is -2.03. The fourth-order valence-corrected chi connectivity index (χ4v) is 2.11. The van der Waals surface area contributed by atoms with Gasteiger partial charge in [-0.3, -0.25) is 0 Å². The Morgan fingerprint density at radius 1 is 1.27 bits per heavy atom. The van der Waals surface area contributed by atoms with Crippen LogP contribution in [0.2, 0.25) is 0 Å². The summed E-state index contributed by atoms with van der Waals surface area (Å²) in [7, 11) is 0. The largest absolute Gasteiger partial charge is 0.384 e. The quantitative estimate of drug-likeness (QED) is 0.742. The fraction of sp³-hybridized carbons (Fsp3) is 0.500. The molecule has 0 aliphatic heterocycles. The number of benzene rings is 1. The molecule has 0 heterocycles. The summed E-state index contributed by atoms with van der Waals surface area (Å²) in [6.45, 7) is 5.55. The smallest absolute Gasteiger partial charge is 0.0495 e. The first-order valence-electron chi connectivity index (χ1n) is 5.28. The molecule has 0 aliphatic carbocycles. The molecule has 0 amide bonds. The molecule has 0 aliphatic rings. The van der Waals surface area contributed by atoms with Gasteiger partial charge in [0.15, 0.2) is 0 Å². The Balaban J connectivity index is 2.40. The summed E-state index contributed by atoms with van der Waals surface area (Å²) in [5.74, 6) is 0.790. The minimum Gasteiger partial charge on any atom is -0.384 e. The van der Waals surface area contributed by atoms with Gasteiger partial charge in [0.25, 0.3) is 0 Å². The van der Waals surface area contributed by atoms with Crippen LogP contribution < -0.4 is 5.32 Å². The van der Waals surface area contributed by atoms with E-state index < -0.39 is 0 Å². The highest BCUT2D eigenvalue weighted by atomic mass is 79.9. The molecular weight excluding hydrogens is 318 g/mol. The number of halogens is 2. The van der Waals surface area contributed by atoms with Crippen molar-refractivity contribution in [2.45, 2.75) is 26.7 Å². The van der Waals surface area contributed by atoms with Gasteiger partial charge in [0.2, 0.25) is 0 Å². The third-order valence-corrected chi connectivity index (χ3v) is 3.39. The van der Waals surface area contributed by atoms with Crippen molar-refractivity contribution in [2.75, 3.05) is 11.9 Å². The molecule has 3 heteroatoms. The first kappa shape index (κ1) is 13.0. The maximum absolute atomic E-state index is 3.53. The van der Waals surface area contributed by atoms with E-state index >= 15 is 0 Å². The highest BCUT2D eigenvalue weighted by Crippen LogP contribution is 2.26. The van der Waals surface area contributed by atoms with E-state index in [1.54, 1.807) is 0 Å². The Morgan fingerprint density at radius 2 is 2.00 bits per heavy atom. The third kappa shape index (κ3) is 5.03. The summed E-state index contributed by atoms with van der Waals surface area (Å²) in [5.41, 5.74) is 1.16. The summed E-state index contributed by atoms with van der Waals surface area (Å²) in [6.07, 6.45) is 2.50. The molecule has 0 spiro atoms. The van der Waals surface area contributed by atoms with Crippen molar-refractivity contribution < 1.29 is 0 Å². The Kier molecular flexibility index (Phi) is 5.69. The van der Waals surface area contributed by atoms with Crippen LogP contribution in [-0.4, -0.2) is 6.54 Å². The molecule has 0 aromatic heterocycles. The van der Waals surface area contributed by atoms with Crippen LogP contribution in [0, 0.1) is 5.92 Å². The average molecular weight is 335 g/mol. The Hall–Kier alpha value is -0.0200.